The van der Waals surface area contributed by atoms with E-state index in [-0.39, 0.29) is 37.3 Å². The number of hydrogen-bond donors (Lipinski definition) is 2. The molecule has 0 fully saturated rings. The second kappa shape index (κ2) is 10.4. The number of nitrogens with one attached hydrogen (secondary N) is 1. The minimum atomic E-state index is -4.43. The Bertz CT molecular complexity index is 446. The molecular weight excluding hydrogens is 350 g/mol. The third-order valence-corrected chi connectivity index (χ3v) is 2.07. The molecule has 0 aliphatic heterocycles. The van der Waals surface area contributed by atoms with E-state index in [9.17, 15) is 18.0 Å². The fourth-order valence-electron chi connectivity index (χ4n) is 1.19. The van der Waals surface area contributed by atoms with Crippen molar-refractivity contribution in [1.82, 2.24) is 4.98 Å². The lowest BCUT2D eigenvalue weighted by atomic mass is 10.3. The molecule has 0 saturated heterocycles. The fourth-order valence-corrected chi connectivity index (χ4v) is 1.19. The molecule has 128 valence electrons. The Balaban J connectivity index is 0. The van der Waals surface area contributed by atoms with E-state index >= 15 is 0 Å². The lowest BCUT2D eigenvalue weighted by molar-refractivity contribution is -0.154. The summed E-state index contributed by atoms with van der Waals surface area (Å²) in [6.45, 7) is -1.38. The van der Waals surface area contributed by atoms with Crippen molar-refractivity contribution in [2.24, 2.45) is 5.73 Å². The highest BCUT2D eigenvalue weighted by Crippen LogP contribution is 2.18. The summed E-state index contributed by atoms with van der Waals surface area (Å²) in [6, 6.07) is 1.72. The van der Waals surface area contributed by atoms with E-state index in [1.54, 1.807) is 0 Å². The second-order valence-electron chi connectivity index (χ2n) is 3.84. The third kappa shape index (κ3) is 8.88. The summed E-state index contributed by atoms with van der Waals surface area (Å²) in [4.78, 5) is 15.2. The maximum atomic E-state index is 11.9. The van der Waals surface area contributed by atoms with Gasteiger partial charge in [0, 0.05) is 13.2 Å². The summed E-state index contributed by atoms with van der Waals surface area (Å²) >= 11 is 0. The van der Waals surface area contributed by atoms with Gasteiger partial charge in [0.05, 0.1) is 18.5 Å². The molecule has 3 N–H and O–H groups in total. The van der Waals surface area contributed by atoms with Crippen LogP contribution in [0.3, 0.4) is 0 Å². The minimum absolute atomic E-state index is 0. The molecule has 0 aliphatic carbocycles. The largest absolute Gasteiger partial charge is 0.468 e. The fraction of sp³-hybridized carbons (Fsp3) is 0.455. The SMILES string of the molecule is COCC(N)C(=O)Nc1ccc(OCC(F)(F)F)nc1.Cl.Cl. The Hall–Kier alpha value is -1.29. The maximum Gasteiger partial charge on any atom is 0.422 e. The predicted molar refractivity (Wildman–Crippen MR) is 78.8 cm³/mol. The van der Waals surface area contributed by atoms with E-state index in [0.29, 0.717) is 5.69 Å². The van der Waals surface area contributed by atoms with Gasteiger partial charge in [0.1, 0.15) is 6.04 Å². The average molecular weight is 366 g/mol. The molecule has 1 unspecified atom stereocenters. The number of nitrogens with two attached hydrogens (primary N) is 1. The number of halogens is 5. The van der Waals surface area contributed by atoms with Crippen LogP contribution in [0.4, 0.5) is 18.9 Å². The van der Waals surface area contributed by atoms with Gasteiger partial charge in [-0.3, -0.25) is 4.79 Å². The Morgan fingerprint density at radius 2 is 2.05 bits per heavy atom. The van der Waals surface area contributed by atoms with Crippen molar-refractivity contribution in [1.29, 1.82) is 0 Å². The molecule has 22 heavy (non-hydrogen) atoms. The molecule has 6 nitrogen and oxygen atoms in total. The van der Waals surface area contributed by atoms with Crippen LogP contribution in [-0.2, 0) is 9.53 Å². The summed E-state index contributed by atoms with van der Waals surface area (Å²) in [5.41, 5.74) is 5.79. The second-order valence-corrected chi connectivity index (χ2v) is 3.84. The number of rotatable bonds is 6. The summed E-state index contributed by atoms with van der Waals surface area (Å²) in [6.07, 6.45) is -3.26. The molecule has 0 aliphatic rings. The van der Waals surface area contributed by atoms with Crippen LogP contribution in [0, 0.1) is 0 Å². The van der Waals surface area contributed by atoms with Gasteiger partial charge in [0.25, 0.3) is 0 Å². The number of alkyl halides is 3. The van der Waals surface area contributed by atoms with Crippen LogP contribution in [0.2, 0.25) is 0 Å². The van der Waals surface area contributed by atoms with Gasteiger partial charge < -0.3 is 20.5 Å². The van der Waals surface area contributed by atoms with Crippen LogP contribution in [0.25, 0.3) is 0 Å². The molecule has 0 bridgehead atoms. The summed E-state index contributed by atoms with van der Waals surface area (Å²) < 4.78 is 44.9. The number of pyridine rings is 1. The molecule has 0 saturated carbocycles. The van der Waals surface area contributed by atoms with E-state index < -0.39 is 24.7 Å². The highest BCUT2D eigenvalue weighted by atomic mass is 35.5. The van der Waals surface area contributed by atoms with E-state index in [4.69, 9.17) is 10.5 Å². The number of hydrogen-bond acceptors (Lipinski definition) is 5. The van der Waals surface area contributed by atoms with Crippen LogP contribution in [-0.4, -0.2) is 43.4 Å². The van der Waals surface area contributed by atoms with Crippen LogP contribution in [0.15, 0.2) is 18.3 Å². The van der Waals surface area contributed by atoms with Crippen molar-refractivity contribution >= 4 is 36.4 Å². The van der Waals surface area contributed by atoms with Gasteiger partial charge in [-0.2, -0.15) is 13.2 Å². The first-order chi connectivity index (χ1) is 9.31. The van der Waals surface area contributed by atoms with Gasteiger partial charge >= 0.3 is 6.18 Å². The van der Waals surface area contributed by atoms with E-state index in [2.05, 4.69) is 15.0 Å². The molecule has 1 rings (SSSR count). The molecule has 1 aromatic heterocycles. The molecule has 1 atom stereocenters. The molecule has 0 spiro atoms. The van der Waals surface area contributed by atoms with Crippen LogP contribution >= 0.6 is 24.8 Å². The number of nitrogens with zero attached hydrogens (tertiary/aromatic N) is 1. The van der Waals surface area contributed by atoms with Crippen molar-refractivity contribution in [2.45, 2.75) is 12.2 Å². The van der Waals surface area contributed by atoms with Crippen molar-refractivity contribution in [3.63, 3.8) is 0 Å². The summed E-state index contributed by atoms with van der Waals surface area (Å²) in [5, 5.41) is 2.44. The lowest BCUT2D eigenvalue weighted by Crippen LogP contribution is -2.39. The number of aromatic nitrogens is 1. The first-order valence-corrected chi connectivity index (χ1v) is 5.53. The van der Waals surface area contributed by atoms with Crippen molar-refractivity contribution in [2.75, 3.05) is 25.6 Å². The highest BCUT2D eigenvalue weighted by Gasteiger charge is 2.28. The van der Waals surface area contributed by atoms with Gasteiger partial charge in [-0.1, -0.05) is 0 Å². The number of carbonyl (C=O) groups is 1. The van der Waals surface area contributed by atoms with Crippen LogP contribution < -0.4 is 15.8 Å². The number of amides is 1. The number of ether oxygens (including phenoxy) is 2. The third-order valence-electron chi connectivity index (χ3n) is 2.07. The topological polar surface area (TPSA) is 86.5 Å². The van der Waals surface area contributed by atoms with Gasteiger partial charge in [-0.05, 0) is 6.07 Å². The lowest BCUT2D eigenvalue weighted by Gasteiger charge is -2.11. The molecule has 11 heteroatoms. The average Bonchev–Trinajstić information content (AvgIpc) is 2.37. The first-order valence-electron chi connectivity index (χ1n) is 5.53. The zero-order valence-corrected chi connectivity index (χ0v) is 13.1. The van der Waals surface area contributed by atoms with Gasteiger partial charge in [0.2, 0.25) is 11.8 Å². The zero-order chi connectivity index (χ0) is 15.2. The Morgan fingerprint density at radius 1 is 1.41 bits per heavy atom. The minimum Gasteiger partial charge on any atom is -0.468 e. The quantitative estimate of drug-likeness (QED) is 0.802. The molecule has 1 aromatic rings. The summed E-state index contributed by atoms with van der Waals surface area (Å²) in [7, 11) is 1.40. The smallest absolute Gasteiger partial charge is 0.422 e. The van der Waals surface area contributed by atoms with E-state index in [0.717, 1.165) is 0 Å². The zero-order valence-electron chi connectivity index (χ0n) is 11.4. The highest BCUT2D eigenvalue weighted by molar-refractivity contribution is 5.94. The molecule has 0 radical (unpaired) electrons. The number of anilines is 1. The first kappa shape index (κ1) is 23.0. The number of methoxy groups -OCH3 is 1. The van der Waals surface area contributed by atoms with Gasteiger partial charge in [-0.15, -0.1) is 24.8 Å². The standard InChI is InChI=1S/C11H14F3N3O3.2ClH/c1-19-5-8(15)10(18)17-7-2-3-9(16-4-7)20-6-11(12,13)14;;/h2-4,8H,5-6,15H2,1H3,(H,17,18);2*1H. The maximum absolute atomic E-state index is 11.9. The van der Waals surface area contributed by atoms with Crippen molar-refractivity contribution in [3.05, 3.63) is 18.3 Å². The number of carbonyl (C=O) groups excluding carboxylic acids is 1. The Kier molecular flexibility index (Phi) is 10.9. The molecule has 1 heterocycles. The Morgan fingerprint density at radius 3 is 2.50 bits per heavy atom. The monoisotopic (exact) mass is 365 g/mol. The summed E-state index contributed by atoms with van der Waals surface area (Å²) in [5.74, 6) is -0.681. The van der Waals surface area contributed by atoms with Crippen molar-refractivity contribution < 1.29 is 27.4 Å². The van der Waals surface area contributed by atoms with Crippen LogP contribution in [0.1, 0.15) is 0 Å². The van der Waals surface area contributed by atoms with Crippen LogP contribution in [0.5, 0.6) is 5.88 Å². The normalized spacial score (nSPS) is 11.7. The molecular formula is C11H16Cl2F3N3O3. The molecule has 1 amide bonds. The van der Waals surface area contributed by atoms with E-state index in [1.807, 2.05) is 0 Å². The predicted octanol–water partition coefficient (Wildman–Crippen LogP) is 1.78. The van der Waals surface area contributed by atoms with Crippen molar-refractivity contribution in [3.8, 4) is 5.88 Å². The van der Waals surface area contributed by atoms with Gasteiger partial charge in [-0.25, -0.2) is 4.98 Å². The van der Waals surface area contributed by atoms with E-state index in [1.165, 1.54) is 25.4 Å². The Labute approximate surface area is 137 Å². The van der Waals surface area contributed by atoms with Gasteiger partial charge in [0.15, 0.2) is 6.61 Å². The molecule has 0 aromatic carbocycles.